The van der Waals surface area contributed by atoms with Gasteiger partial charge in [0.1, 0.15) is 5.82 Å². The highest BCUT2D eigenvalue weighted by Gasteiger charge is 2.42. The van der Waals surface area contributed by atoms with Crippen LogP contribution in [-0.4, -0.2) is 63.7 Å². The third kappa shape index (κ3) is 4.88. The number of carbonyl (C=O) groups is 4. The van der Waals surface area contributed by atoms with Crippen LogP contribution in [0.15, 0.2) is 42.7 Å². The van der Waals surface area contributed by atoms with Gasteiger partial charge in [0.05, 0.1) is 30.3 Å². The van der Waals surface area contributed by atoms with Crippen molar-refractivity contribution in [2.24, 2.45) is 23.3 Å². The van der Waals surface area contributed by atoms with Crippen molar-refractivity contribution in [3.8, 4) is 0 Å². The summed E-state index contributed by atoms with van der Waals surface area (Å²) in [5, 5.41) is 3.10. The monoisotopic (exact) mass is 543 g/mol. The lowest BCUT2D eigenvalue weighted by molar-refractivity contribution is -0.129. The predicted octanol–water partition coefficient (Wildman–Crippen LogP) is 1.47. The molecule has 0 radical (unpaired) electrons. The number of nitrogens with two attached hydrogens (primary N) is 2. The van der Waals surface area contributed by atoms with Crippen molar-refractivity contribution in [1.29, 1.82) is 0 Å². The van der Waals surface area contributed by atoms with E-state index < -0.39 is 23.7 Å². The molecule has 3 aromatic rings. The Bertz CT molecular complexity index is 1500. The molecule has 0 saturated carbocycles. The van der Waals surface area contributed by atoms with E-state index in [1.54, 1.807) is 42.5 Å². The Hall–Kier alpha value is -5.07. The van der Waals surface area contributed by atoms with E-state index in [0.29, 0.717) is 23.0 Å². The fourth-order valence-electron chi connectivity index (χ4n) is 4.99. The van der Waals surface area contributed by atoms with Gasteiger partial charge in [-0.25, -0.2) is 9.78 Å². The number of nitrogens with one attached hydrogen (secondary N) is 1. The first kappa shape index (κ1) is 26.5. The first-order valence-corrected chi connectivity index (χ1v) is 12.6. The second kappa shape index (κ2) is 10.2. The highest BCUT2D eigenvalue weighted by molar-refractivity contribution is 6.06. The van der Waals surface area contributed by atoms with Crippen LogP contribution in [0.25, 0.3) is 0 Å². The molecule has 1 fully saturated rings. The van der Waals surface area contributed by atoms with E-state index in [1.807, 2.05) is 26.0 Å². The lowest BCUT2D eigenvalue weighted by Crippen LogP contribution is -2.46. The maximum absolute atomic E-state index is 13.5. The summed E-state index contributed by atoms with van der Waals surface area (Å²) in [4.78, 5) is 68.1. The van der Waals surface area contributed by atoms with E-state index in [1.165, 1.54) is 9.80 Å². The van der Waals surface area contributed by atoms with Crippen molar-refractivity contribution in [2.45, 2.75) is 20.4 Å². The molecule has 40 heavy (non-hydrogen) atoms. The first-order valence-electron chi connectivity index (χ1n) is 12.6. The molecule has 2 aliphatic heterocycles. The Morgan fingerprint density at radius 2 is 1.68 bits per heavy atom. The first-order chi connectivity index (χ1) is 19.0. The maximum Gasteiger partial charge on any atom is 0.330 e. The summed E-state index contributed by atoms with van der Waals surface area (Å²) in [6.45, 7) is 3.92. The van der Waals surface area contributed by atoms with E-state index in [-0.39, 0.29) is 31.6 Å². The molecule has 0 spiro atoms. The van der Waals surface area contributed by atoms with Crippen molar-refractivity contribution in [1.82, 2.24) is 19.9 Å². The minimum Gasteiger partial charge on any atom is -0.369 e. The number of aryl methyl sites for hydroxylation is 2. The van der Waals surface area contributed by atoms with Gasteiger partial charge in [-0.15, -0.1) is 0 Å². The number of primary amides is 2. The quantitative estimate of drug-likeness (QED) is 0.418. The zero-order chi connectivity index (χ0) is 28.7. The Balaban J connectivity index is 1.39. The lowest BCUT2D eigenvalue weighted by atomic mass is 9.95. The number of nitrogens with zero attached hydrogens (tertiary/aromatic N) is 6. The molecule has 2 unspecified atom stereocenters. The van der Waals surface area contributed by atoms with Crippen molar-refractivity contribution in [2.75, 3.05) is 35.3 Å². The second-order valence-electron chi connectivity index (χ2n) is 10.0. The molecular formula is C27H29N9O4. The zero-order valence-electron chi connectivity index (χ0n) is 22.3. The van der Waals surface area contributed by atoms with E-state index in [0.717, 1.165) is 22.5 Å². The lowest BCUT2D eigenvalue weighted by Gasteiger charge is -2.35. The molecule has 2 aliphatic rings. The van der Waals surface area contributed by atoms with Crippen molar-refractivity contribution in [3.63, 3.8) is 0 Å². The van der Waals surface area contributed by atoms with Gasteiger partial charge in [-0.05, 0) is 43.7 Å². The van der Waals surface area contributed by atoms with Crippen molar-refractivity contribution >= 4 is 46.9 Å². The number of likely N-dealkylation sites (tertiary alicyclic amines) is 1. The normalized spacial score (nSPS) is 18.5. The molecule has 206 valence electrons. The van der Waals surface area contributed by atoms with Gasteiger partial charge in [-0.2, -0.15) is 4.98 Å². The number of fused-ring (bicyclic) bond motifs is 1. The molecule has 4 heterocycles. The van der Waals surface area contributed by atoms with Gasteiger partial charge in [0.25, 0.3) is 5.91 Å². The van der Waals surface area contributed by atoms with E-state index in [2.05, 4.69) is 20.3 Å². The van der Waals surface area contributed by atoms with Crippen molar-refractivity contribution < 1.29 is 19.2 Å². The minimum absolute atomic E-state index is 0.00387. The Labute approximate surface area is 230 Å². The van der Waals surface area contributed by atoms with Crippen LogP contribution >= 0.6 is 0 Å². The van der Waals surface area contributed by atoms with Gasteiger partial charge in [-0.3, -0.25) is 29.2 Å². The molecule has 2 atom stereocenters. The molecule has 1 saturated heterocycles. The van der Waals surface area contributed by atoms with Gasteiger partial charge < -0.3 is 21.7 Å². The predicted molar refractivity (Wildman–Crippen MR) is 147 cm³/mol. The molecule has 5 amide bonds. The molecular weight excluding hydrogens is 514 g/mol. The molecule has 1 aromatic carbocycles. The summed E-state index contributed by atoms with van der Waals surface area (Å²) in [5.74, 6) is -2.64. The van der Waals surface area contributed by atoms with Crippen LogP contribution in [0.3, 0.4) is 0 Å². The number of hydrogen-bond acceptors (Lipinski definition) is 8. The van der Waals surface area contributed by atoms with Gasteiger partial charge in [0, 0.05) is 48.8 Å². The second-order valence-corrected chi connectivity index (χ2v) is 10.0. The average molecular weight is 544 g/mol. The van der Waals surface area contributed by atoms with Gasteiger partial charge in [-0.1, -0.05) is 6.07 Å². The van der Waals surface area contributed by atoms with E-state index in [4.69, 9.17) is 11.5 Å². The molecule has 5 rings (SSSR count). The minimum atomic E-state index is -0.846. The van der Waals surface area contributed by atoms with Crippen molar-refractivity contribution in [3.05, 3.63) is 65.1 Å². The molecule has 13 nitrogen and oxygen atoms in total. The molecule has 13 heteroatoms. The number of carbonyl (C=O) groups excluding carboxylic acids is 4. The Kier molecular flexibility index (Phi) is 6.80. The number of aromatic nitrogens is 3. The number of rotatable bonds is 6. The maximum atomic E-state index is 13.5. The van der Waals surface area contributed by atoms with Crippen LogP contribution in [0.5, 0.6) is 0 Å². The number of hydrogen-bond donors (Lipinski definition) is 3. The highest BCUT2D eigenvalue weighted by Crippen LogP contribution is 2.33. The molecule has 2 aromatic heterocycles. The van der Waals surface area contributed by atoms with E-state index >= 15 is 0 Å². The number of benzene rings is 1. The smallest absolute Gasteiger partial charge is 0.330 e. The number of anilines is 4. The number of pyridine rings is 1. The average Bonchev–Trinajstić information content (AvgIpc) is 3.39. The van der Waals surface area contributed by atoms with Crippen LogP contribution < -0.4 is 26.6 Å². The van der Waals surface area contributed by atoms with Crippen LogP contribution in [0, 0.1) is 25.7 Å². The SMILES string of the molecule is Cc1ccc(Nc2ncc3c(n2)N(C)C(=O)N(c2cc(C(=O)N4CC(C(N)=O)C(C(N)=O)C4)ccc2C)C3)cn1. The molecule has 5 N–H and O–H groups in total. The third-order valence-corrected chi connectivity index (χ3v) is 7.26. The summed E-state index contributed by atoms with van der Waals surface area (Å²) in [6.07, 6.45) is 3.33. The van der Waals surface area contributed by atoms with Gasteiger partial charge >= 0.3 is 6.03 Å². The Morgan fingerprint density at radius 1 is 0.975 bits per heavy atom. The zero-order valence-corrected chi connectivity index (χ0v) is 22.3. The van der Waals surface area contributed by atoms with Gasteiger partial charge in [0.2, 0.25) is 17.8 Å². The fraction of sp³-hybridized carbons (Fsp3) is 0.296. The fourth-order valence-corrected chi connectivity index (χ4v) is 4.99. The third-order valence-electron chi connectivity index (χ3n) is 7.26. The standard InChI is InChI=1S/C27H29N9O4/c1-14-4-6-16(25(39)35-12-19(22(28)37)20(13-35)23(29)38)8-21(14)36-11-17-9-31-26(33-24(17)34(3)27(36)40)32-18-7-5-15(2)30-10-18/h4-10,19-20H,11-13H2,1-3H3,(H2,28,37)(H2,29,38)(H,31,32,33). The van der Waals surface area contributed by atoms with Crippen LogP contribution in [0.4, 0.5) is 27.9 Å². The van der Waals surface area contributed by atoms with Gasteiger partial charge in [0.15, 0.2) is 0 Å². The topological polar surface area (TPSA) is 181 Å². The largest absolute Gasteiger partial charge is 0.369 e. The number of urea groups is 1. The number of amides is 5. The van der Waals surface area contributed by atoms with E-state index in [9.17, 15) is 19.2 Å². The summed E-state index contributed by atoms with van der Waals surface area (Å²) in [5.41, 5.74) is 14.8. The summed E-state index contributed by atoms with van der Waals surface area (Å²) in [7, 11) is 1.63. The Morgan fingerprint density at radius 3 is 2.30 bits per heavy atom. The molecule has 0 aliphatic carbocycles. The summed E-state index contributed by atoms with van der Waals surface area (Å²) in [6, 6.07) is 8.43. The van der Waals surface area contributed by atoms with Crippen LogP contribution in [0.1, 0.15) is 27.2 Å². The van der Waals surface area contributed by atoms with Crippen LogP contribution in [-0.2, 0) is 16.1 Å². The molecule has 0 bridgehead atoms. The summed E-state index contributed by atoms with van der Waals surface area (Å²) >= 11 is 0. The van der Waals surface area contributed by atoms with Crippen LogP contribution in [0.2, 0.25) is 0 Å². The highest BCUT2D eigenvalue weighted by atomic mass is 16.2. The summed E-state index contributed by atoms with van der Waals surface area (Å²) < 4.78 is 0.